The molecule has 108 valence electrons. The van der Waals surface area contributed by atoms with E-state index in [9.17, 15) is 0 Å². The maximum Gasteiger partial charge on any atom is 0.0835 e. The summed E-state index contributed by atoms with van der Waals surface area (Å²) in [7, 11) is 0. The largest absolute Gasteiger partial charge is 0.378 e. The highest BCUT2D eigenvalue weighted by molar-refractivity contribution is 9.10. The summed E-state index contributed by atoms with van der Waals surface area (Å²) in [4.78, 5) is 0. The third-order valence-electron chi connectivity index (χ3n) is 2.93. The van der Waals surface area contributed by atoms with Gasteiger partial charge in [-0.1, -0.05) is 23.2 Å². The van der Waals surface area contributed by atoms with Crippen molar-refractivity contribution in [2.24, 2.45) is 0 Å². The van der Waals surface area contributed by atoms with E-state index < -0.39 is 0 Å². The van der Waals surface area contributed by atoms with Crippen molar-refractivity contribution in [1.82, 2.24) is 9.78 Å². The number of benzene rings is 1. The zero-order valence-corrected chi connectivity index (χ0v) is 15.7. The first kappa shape index (κ1) is 16.1. The number of nitrogens with zero attached hydrogens (tertiary/aromatic N) is 2. The Morgan fingerprint density at radius 2 is 1.95 bits per heavy atom. The number of nitrogens with one attached hydrogen (secondary N) is 1. The van der Waals surface area contributed by atoms with Crippen LogP contribution in [0.1, 0.15) is 18.3 Å². The van der Waals surface area contributed by atoms with Crippen molar-refractivity contribution < 1.29 is 0 Å². The normalized spacial score (nSPS) is 10.9. The van der Waals surface area contributed by atoms with Crippen LogP contribution in [0.5, 0.6) is 0 Å². The van der Waals surface area contributed by atoms with Crippen LogP contribution in [-0.2, 0) is 13.1 Å². The number of hydrogen-bond acceptors (Lipinski definition) is 2. The van der Waals surface area contributed by atoms with E-state index in [1.807, 2.05) is 23.7 Å². The highest BCUT2D eigenvalue weighted by Crippen LogP contribution is 2.36. The molecule has 0 spiro atoms. The standard InChI is InChI=1S/C13H13Br2Cl2N3/c1-3-20-10(11(15)7(2)19-20)6-18-9-5-4-8(14)12(16)13(9)17/h4-5,18H,3,6H2,1-2H3. The molecular weight excluding hydrogens is 429 g/mol. The number of hydrogen-bond donors (Lipinski definition) is 1. The maximum atomic E-state index is 6.22. The molecule has 1 N–H and O–H groups in total. The summed E-state index contributed by atoms with van der Waals surface area (Å²) >= 11 is 19.3. The number of anilines is 1. The molecule has 0 atom stereocenters. The van der Waals surface area contributed by atoms with E-state index in [-0.39, 0.29) is 0 Å². The Labute approximate surface area is 144 Å². The molecule has 0 bridgehead atoms. The van der Waals surface area contributed by atoms with Crippen LogP contribution in [0.2, 0.25) is 10.0 Å². The average Bonchev–Trinajstić information content (AvgIpc) is 2.71. The van der Waals surface area contributed by atoms with Crippen LogP contribution in [-0.4, -0.2) is 9.78 Å². The summed E-state index contributed by atoms with van der Waals surface area (Å²) in [6, 6.07) is 3.76. The van der Waals surface area contributed by atoms with Gasteiger partial charge in [-0.3, -0.25) is 4.68 Å². The first-order valence-corrected chi connectivity index (χ1v) is 8.39. The fraction of sp³-hybridized carbons (Fsp3) is 0.308. The van der Waals surface area contributed by atoms with Crippen LogP contribution < -0.4 is 5.32 Å². The second-order valence-electron chi connectivity index (χ2n) is 4.24. The van der Waals surface area contributed by atoms with Crippen LogP contribution >= 0.6 is 55.1 Å². The SMILES string of the molecule is CCn1nc(C)c(Br)c1CNc1ccc(Br)c(Cl)c1Cl. The van der Waals surface area contributed by atoms with Gasteiger partial charge in [0.25, 0.3) is 0 Å². The minimum atomic E-state index is 0.510. The van der Waals surface area contributed by atoms with Crippen LogP contribution in [0.3, 0.4) is 0 Å². The van der Waals surface area contributed by atoms with E-state index in [0.717, 1.165) is 32.6 Å². The van der Waals surface area contributed by atoms with Gasteiger partial charge in [0, 0.05) is 11.0 Å². The summed E-state index contributed by atoms with van der Waals surface area (Å²) in [5, 5.41) is 8.78. The molecule has 2 rings (SSSR count). The predicted octanol–water partition coefficient (Wildman–Crippen LogP) is 5.66. The van der Waals surface area contributed by atoms with Gasteiger partial charge in [-0.2, -0.15) is 5.10 Å². The lowest BCUT2D eigenvalue weighted by molar-refractivity contribution is 0.622. The fourth-order valence-electron chi connectivity index (χ4n) is 1.88. The number of halogens is 4. The molecule has 7 heteroatoms. The molecule has 0 unspecified atom stereocenters. The number of rotatable bonds is 4. The Morgan fingerprint density at radius 1 is 1.25 bits per heavy atom. The molecule has 0 saturated heterocycles. The molecule has 0 radical (unpaired) electrons. The Bertz CT molecular complexity index is 641. The van der Waals surface area contributed by atoms with E-state index in [2.05, 4.69) is 49.2 Å². The zero-order valence-electron chi connectivity index (χ0n) is 11.0. The molecule has 1 aromatic heterocycles. The molecule has 2 aromatic rings. The summed E-state index contributed by atoms with van der Waals surface area (Å²) in [5.41, 5.74) is 2.86. The summed E-state index contributed by atoms with van der Waals surface area (Å²) in [6.07, 6.45) is 0. The monoisotopic (exact) mass is 439 g/mol. The van der Waals surface area contributed by atoms with Gasteiger partial charge in [0.1, 0.15) is 0 Å². The van der Waals surface area contributed by atoms with Crippen molar-refractivity contribution in [2.45, 2.75) is 26.9 Å². The minimum Gasteiger partial charge on any atom is -0.378 e. The van der Waals surface area contributed by atoms with Crippen molar-refractivity contribution in [2.75, 3.05) is 5.32 Å². The van der Waals surface area contributed by atoms with E-state index in [1.165, 1.54) is 0 Å². The summed E-state index contributed by atoms with van der Waals surface area (Å²) < 4.78 is 3.76. The van der Waals surface area contributed by atoms with Gasteiger partial charge >= 0.3 is 0 Å². The van der Waals surface area contributed by atoms with Crippen molar-refractivity contribution in [3.05, 3.63) is 42.5 Å². The van der Waals surface area contributed by atoms with Crippen molar-refractivity contribution >= 4 is 60.7 Å². The van der Waals surface area contributed by atoms with Crippen molar-refractivity contribution in [3.8, 4) is 0 Å². The Hall–Kier alpha value is -0.230. The molecule has 0 aliphatic rings. The fourth-order valence-corrected chi connectivity index (χ4v) is 3.14. The second kappa shape index (κ2) is 6.69. The van der Waals surface area contributed by atoms with Gasteiger partial charge in [-0.15, -0.1) is 0 Å². The van der Waals surface area contributed by atoms with E-state index in [0.29, 0.717) is 16.6 Å². The molecule has 1 aromatic carbocycles. The number of aromatic nitrogens is 2. The molecular formula is C13H13Br2Cl2N3. The van der Waals surface area contributed by atoms with Crippen LogP contribution in [0.15, 0.2) is 21.1 Å². The average molecular weight is 442 g/mol. The lowest BCUT2D eigenvalue weighted by Gasteiger charge is -2.11. The third kappa shape index (κ3) is 3.16. The Morgan fingerprint density at radius 3 is 2.60 bits per heavy atom. The number of aryl methyl sites for hydroxylation is 2. The van der Waals surface area contributed by atoms with Gasteiger partial charge < -0.3 is 5.32 Å². The van der Waals surface area contributed by atoms with Gasteiger partial charge in [-0.05, 0) is 57.8 Å². The van der Waals surface area contributed by atoms with Crippen LogP contribution in [0.25, 0.3) is 0 Å². The second-order valence-corrected chi connectivity index (χ2v) is 6.64. The van der Waals surface area contributed by atoms with Gasteiger partial charge in [0.2, 0.25) is 0 Å². The highest BCUT2D eigenvalue weighted by Gasteiger charge is 2.13. The quantitative estimate of drug-likeness (QED) is 0.621. The molecule has 0 amide bonds. The Balaban J connectivity index is 2.23. The van der Waals surface area contributed by atoms with E-state index in [4.69, 9.17) is 23.2 Å². The lowest BCUT2D eigenvalue weighted by atomic mass is 10.3. The third-order valence-corrected chi connectivity index (χ3v) is 5.74. The van der Waals surface area contributed by atoms with Crippen LogP contribution in [0.4, 0.5) is 5.69 Å². The molecule has 0 aliphatic carbocycles. The summed E-state index contributed by atoms with van der Waals surface area (Å²) in [5.74, 6) is 0. The molecule has 0 saturated carbocycles. The summed E-state index contributed by atoms with van der Waals surface area (Å²) in [6.45, 7) is 5.47. The van der Waals surface area contributed by atoms with Crippen LogP contribution in [0, 0.1) is 6.92 Å². The first-order valence-electron chi connectivity index (χ1n) is 6.04. The zero-order chi connectivity index (χ0) is 14.9. The molecule has 1 heterocycles. The minimum absolute atomic E-state index is 0.510. The first-order chi connectivity index (χ1) is 9.45. The van der Waals surface area contributed by atoms with Gasteiger partial charge in [0.05, 0.1) is 38.1 Å². The predicted molar refractivity (Wildman–Crippen MR) is 91.8 cm³/mol. The van der Waals surface area contributed by atoms with E-state index >= 15 is 0 Å². The maximum absolute atomic E-state index is 6.22. The molecule has 0 fully saturated rings. The van der Waals surface area contributed by atoms with Crippen molar-refractivity contribution in [1.29, 1.82) is 0 Å². The lowest BCUT2D eigenvalue weighted by Crippen LogP contribution is -2.08. The topological polar surface area (TPSA) is 29.9 Å². The smallest absolute Gasteiger partial charge is 0.0835 e. The molecule has 20 heavy (non-hydrogen) atoms. The van der Waals surface area contributed by atoms with Gasteiger partial charge in [0.15, 0.2) is 0 Å². The molecule has 3 nitrogen and oxygen atoms in total. The molecule has 0 aliphatic heterocycles. The van der Waals surface area contributed by atoms with Gasteiger partial charge in [-0.25, -0.2) is 0 Å². The van der Waals surface area contributed by atoms with Crippen molar-refractivity contribution in [3.63, 3.8) is 0 Å². The highest BCUT2D eigenvalue weighted by atomic mass is 79.9. The Kier molecular flexibility index (Phi) is 5.40. The van der Waals surface area contributed by atoms with E-state index in [1.54, 1.807) is 0 Å².